The standard InChI is InChI=1S/C29H28N2O2/c1-21(14-15-22-8-3-2-4-9-22)30-29(33)24-16-18-26(19-17-24)31-28(32)20-25-12-7-11-23-10-5-6-13-27(23)25/h2-13,16-19,21H,14-15,20H2,1H3,(H,30,33)(H,31,32)/t21-/m0/s1. The van der Waals surface area contributed by atoms with E-state index in [0.717, 1.165) is 29.2 Å². The first-order chi connectivity index (χ1) is 16.1. The molecule has 0 aliphatic rings. The van der Waals surface area contributed by atoms with E-state index in [0.29, 0.717) is 17.7 Å². The predicted octanol–water partition coefficient (Wildman–Crippen LogP) is 5.77. The van der Waals surface area contributed by atoms with Crippen LogP contribution in [0.1, 0.15) is 34.8 Å². The number of carbonyl (C=O) groups is 2. The summed E-state index contributed by atoms with van der Waals surface area (Å²) in [4.78, 5) is 25.2. The van der Waals surface area contributed by atoms with E-state index in [1.165, 1.54) is 5.56 Å². The van der Waals surface area contributed by atoms with Crippen LogP contribution in [0.4, 0.5) is 5.69 Å². The lowest BCUT2D eigenvalue weighted by molar-refractivity contribution is -0.115. The molecule has 0 aliphatic heterocycles. The molecule has 0 heterocycles. The second-order valence-electron chi connectivity index (χ2n) is 8.34. The smallest absolute Gasteiger partial charge is 0.251 e. The Morgan fingerprint density at radius 3 is 2.27 bits per heavy atom. The Bertz CT molecular complexity index is 1230. The van der Waals surface area contributed by atoms with Crippen molar-refractivity contribution in [1.29, 1.82) is 0 Å². The summed E-state index contributed by atoms with van der Waals surface area (Å²) in [5.74, 6) is -0.192. The van der Waals surface area contributed by atoms with E-state index in [1.807, 2.05) is 67.6 Å². The zero-order chi connectivity index (χ0) is 23.0. The average Bonchev–Trinajstić information content (AvgIpc) is 2.84. The number of hydrogen-bond donors (Lipinski definition) is 2. The van der Waals surface area contributed by atoms with Crippen LogP contribution in [0.2, 0.25) is 0 Å². The van der Waals surface area contributed by atoms with Crippen LogP contribution < -0.4 is 10.6 Å². The van der Waals surface area contributed by atoms with Crippen molar-refractivity contribution in [3.05, 3.63) is 114 Å². The van der Waals surface area contributed by atoms with Gasteiger partial charge in [-0.3, -0.25) is 9.59 Å². The molecule has 0 unspecified atom stereocenters. The van der Waals surface area contributed by atoms with Crippen LogP contribution in [-0.4, -0.2) is 17.9 Å². The van der Waals surface area contributed by atoms with Crippen molar-refractivity contribution in [2.24, 2.45) is 0 Å². The molecule has 4 nitrogen and oxygen atoms in total. The summed E-state index contributed by atoms with van der Waals surface area (Å²) in [7, 11) is 0. The zero-order valence-electron chi connectivity index (χ0n) is 18.8. The van der Waals surface area contributed by atoms with Crippen LogP contribution in [0.25, 0.3) is 10.8 Å². The molecule has 166 valence electrons. The molecule has 4 aromatic carbocycles. The molecule has 4 aromatic rings. The monoisotopic (exact) mass is 436 g/mol. The van der Waals surface area contributed by atoms with Gasteiger partial charge in [0.15, 0.2) is 0 Å². The largest absolute Gasteiger partial charge is 0.350 e. The molecule has 0 aromatic heterocycles. The topological polar surface area (TPSA) is 58.2 Å². The van der Waals surface area contributed by atoms with Gasteiger partial charge in [0.05, 0.1) is 6.42 Å². The Labute approximate surface area is 194 Å². The van der Waals surface area contributed by atoms with Gasteiger partial charge in [0, 0.05) is 17.3 Å². The highest BCUT2D eigenvalue weighted by molar-refractivity contribution is 5.97. The van der Waals surface area contributed by atoms with Crippen LogP contribution in [0.3, 0.4) is 0 Å². The minimum Gasteiger partial charge on any atom is -0.350 e. The van der Waals surface area contributed by atoms with Crippen LogP contribution in [0.5, 0.6) is 0 Å². The summed E-state index contributed by atoms with van der Waals surface area (Å²) >= 11 is 0. The molecule has 33 heavy (non-hydrogen) atoms. The van der Waals surface area contributed by atoms with Crippen molar-refractivity contribution in [3.8, 4) is 0 Å². The Hall–Kier alpha value is -3.92. The van der Waals surface area contributed by atoms with Crippen molar-refractivity contribution >= 4 is 28.3 Å². The Morgan fingerprint density at radius 1 is 0.788 bits per heavy atom. The third-order valence-corrected chi connectivity index (χ3v) is 5.75. The number of hydrogen-bond acceptors (Lipinski definition) is 2. The first-order valence-electron chi connectivity index (χ1n) is 11.3. The zero-order valence-corrected chi connectivity index (χ0v) is 18.8. The first-order valence-corrected chi connectivity index (χ1v) is 11.3. The van der Waals surface area contributed by atoms with Crippen molar-refractivity contribution in [2.75, 3.05) is 5.32 Å². The summed E-state index contributed by atoms with van der Waals surface area (Å²) in [5.41, 5.74) is 3.51. The maximum absolute atomic E-state index is 12.6. The van der Waals surface area contributed by atoms with Gasteiger partial charge in [-0.1, -0.05) is 72.8 Å². The number of rotatable bonds is 8. The molecule has 0 saturated heterocycles. The van der Waals surface area contributed by atoms with E-state index >= 15 is 0 Å². The molecule has 0 fully saturated rings. The van der Waals surface area contributed by atoms with E-state index in [2.05, 4.69) is 22.8 Å². The molecule has 2 amide bonds. The van der Waals surface area contributed by atoms with Crippen LogP contribution in [0, 0.1) is 0 Å². The van der Waals surface area contributed by atoms with Gasteiger partial charge in [-0.25, -0.2) is 0 Å². The molecular weight excluding hydrogens is 408 g/mol. The molecule has 4 heteroatoms. The molecular formula is C29H28N2O2. The molecule has 1 atom stereocenters. The normalized spacial score (nSPS) is 11.7. The van der Waals surface area contributed by atoms with Gasteiger partial charge in [-0.2, -0.15) is 0 Å². The lowest BCUT2D eigenvalue weighted by atomic mass is 10.0. The third-order valence-electron chi connectivity index (χ3n) is 5.75. The summed E-state index contributed by atoms with van der Waals surface area (Å²) < 4.78 is 0. The third kappa shape index (κ3) is 6.07. The fraction of sp³-hybridized carbons (Fsp3) is 0.172. The number of aryl methyl sites for hydroxylation is 1. The molecule has 0 aliphatic carbocycles. The van der Waals surface area contributed by atoms with Gasteiger partial charge in [0.2, 0.25) is 5.91 Å². The molecule has 0 bridgehead atoms. The number of carbonyl (C=O) groups excluding carboxylic acids is 2. The lowest BCUT2D eigenvalue weighted by Gasteiger charge is -2.14. The van der Waals surface area contributed by atoms with Crippen LogP contribution in [-0.2, 0) is 17.6 Å². The molecule has 0 radical (unpaired) electrons. The van der Waals surface area contributed by atoms with Crippen LogP contribution >= 0.6 is 0 Å². The second-order valence-corrected chi connectivity index (χ2v) is 8.34. The minimum atomic E-state index is -0.107. The van der Waals surface area contributed by atoms with Gasteiger partial charge in [-0.05, 0) is 65.9 Å². The number of amides is 2. The molecule has 4 rings (SSSR count). The highest BCUT2D eigenvalue weighted by Gasteiger charge is 2.11. The minimum absolute atomic E-state index is 0.0674. The number of benzene rings is 4. The molecule has 0 saturated carbocycles. The van der Waals surface area contributed by atoms with Crippen LogP contribution in [0.15, 0.2) is 97.1 Å². The summed E-state index contributed by atoms with van der Waals surface area (Å²) in [6.45, 7) is 2.02. The van der Waals surface area contributed by atoms with Crippen molar-refractivity contribution in [2.45, 2.75) is 32.2 Å². The fourth-order valence-electron chi connectivity index (χ4n) is 3.94. The lowest BCUT2D eigenvalue weighted by Crippen LogP contribution is -2.32. The number of nitrogens with one attached hydrogen (secondary N) is 2. The van der Waals surface area contributed by atoms with E-state index in [-0.39, 0.29) is 17.9 Å². The Morgan fingerprint density at radius 2 is 1.48 bits per heavy atom. The number of fused-ring (bicyclic) bond motifs is 1. The van der Waals surface area contributed by atoms with Gasteiger partial charge in [0.25, 0.3) is 5.91 Å². The van der Waals surface area contributed by atoms with Gasteiger partial charge in [0.1, 0.15) is 0 Å². The summed E-state index contributed by atoms with van der Waals surface area (Å²) in [6.07, 6.45) is 2.09. The highest BCUT2D eigenvalue weighted by atomic mass is 16.2. The first kappa shape index (κ1) is 22.3. The van der Waals surface area contributed by atoms with Gasteiger partial charge < -0.3 is 10.6 Å². The van der Waals surface area contributed by atoms with E-state index < -0.39 is 0 Å². The quantitative estimate of drug-likeness (QED) is 0.368. The number of anilines is 1. The molecule has 0 spiro atoms. The van der Waals surface area contributed by atoms with E-state index in [9.17, 15) is 9.59 Å². The predicted molar refractivity (Wildman–Crippen MR) is 134 cm³/mol. The maximum Gasteiger partial charge on any atom is 0.251 e. The van der Waals surface area contributed by atoms with Crippen molar-refractivity contribution in [1.82, 2.24) is 5.32 Å². The SMILES string of the molecule is C[C@@H](CCc1ccccc1)NC(=O)c1ccc(NC(=O)Cc2cccc3ccccc23)cc1. The average molecular weight is 437 g/mol. The molecule has 2 N–H and O–H groups in total. The Kier molecular flexibility index (Phi) is 7.16. The second kappa shape index (κ2) is 10.6. The summed E-state index contributed by atoms with van der Waals surface area (Å²) in [6, 6.07) is 31.4. The van der Waals surface area contributed by atoms with Crippen molar-refractivity contribution < 1.29 is 9.59 Å². The maximum atomic E-state index is 12.6. The highest BCUT2D eigenvalue weighted by Crippen LogP contribution is 2.19. The van der Waals surface area contributed by atoms with Crippen molar-refractivity contribution in [3.63, 3.8) is 0 Å². The summed E-state index contributed by atoms with van der Waals surface area (Å²) in [5, 5.41) is 8.19. The fourth-order valence-corrected chi connectivity index (χ4v) is 3.94. The van der Waals surface area contributed by atoms with E-state index in [1.54, 1.807) is 24.3 Å². The van der Waals surface area contributed by atoms with Gasteiger partial charge in [-0.15, -0.1) is 0 Å². The van der Waals surface area contributed by atoms with E-state index in [4.69, 9.17) is 0 Å². The Balaban J connectivity index is 1.30. The van der Waals surface area contributed by atoms with Gasteiger partial charge >= 0.3 is 0 Å².